The highest BCUT2D eigenvalue weighted by Gasteiger charge is 2.42. The SMILES string of the molecule is O=S(=O)(c1cncc(Cl)c1)N1CCOCC1C1CCCC1O. The molecule has 2 fully saturated rings. The molecule has 1 aliphatic heterocycles. The molecule has 3 atom stereocenters. The predicted octanol–water partition coefficient (Wildman–Crippen LogP) is 1.29. The van der Waals surface area contributed by atoms with Gasteiger partial charge < -0.3 is 9.84 Å². The minimum Gasteiger partial charge on any atom is -0.393 e. The lowest BCUT2D eigenvalue weighted by atomic mass is 9.96. The van der Waals surface area contributed by atoms with Crippen LogP contribution in [0.2, 0.25) is 5.02 Å². The molecular weight excluding hydrogens is 328 g/mol. The maximum absolute atomic E-state index is 12.9. The van der Waals surface area contributed by atoms with Crippen LogP contribution in [-0.2, 0) is 14.8 Å². The Morgan fingerprint density at radius 3 is 2.86 bits per heavy atom. The summed E-state index contributed by atoms with van der Waals surface area (Å²) in [4.78, 5) is 3.95. The number of halogens is 1. The number of aromatic nitrogens is 1. The van der Waals surface area contributed by atoms with E-state index in [4.69, 9.17) is 16.3 Å². The molecule has 8 heteroatoms. The molecule has 122 valence electrons. The van der Waals surface area contributed by atoms with E-state index in [-0.39, 0.29) is 28.4 Å². The van der Waals surface area contributed by atoms with Gasteiger partial charge >= 0.3 is 0 Å². The zero-order valence-corrected chi connectivity index (χ0v) is 13.6. The Morgan fingerprint density at radius 1 is 1.36 bits per heavy atom. The largest absolute Gasteiger partial charge is 0.393 e. The number of hydrogen-bond donors (Lipinski definition) is 1. The maximum Gasteiger partial charge on any atom is 0.245 e. The molecule has 3 unspecified atom stereocenters. The molecule has 0 bridgehead atoms. The van der Waals surface area contributed by atoms with E-state index in [1.165, 1.54) is 22.8 Å². The van der Waals surface area contributed by atoms with Gasteiger partial charge in [0, 0.05) is 24.9 Å². The third-order valence-electron chi connectivity index (χ3n) is 4.43. The number of ether oxygens (including phenoxy) is 1. The standard InChI is InChI=1S/C14H19ClN2O4S/c15-10-6-11(8-16-7-10)22(19,20)17-4-5-21-9-13(17)12-2-1-3-14(12)18/h6-8,12-14,18H,1-5,9H2. The van der Waals surface area contributed by atoms with Crippen LogP contribution in [0.4, 0.5) is 0 Å². The summed E-state index contributed by atoms with van der Waals surface area (Å²) < 4.78 is 32.7. The van der Waals surface area contributed by atoms with Gasteiger partial charge in [-0.2, -0.15) is 4.31 Å². The van der Waals surface area contributed by atoms with Gasteiger partial charge in [0.05, 0.1) is 30.4 Å². The first kappa shape index (κ1) is 16.1. The molecule has 22 heavy (non-hydrogen) atoms. The first-order valence-corrected chi connectivity index (χ1v) is 9.20. The topological polar surface area (TPSA) is 79.7 Å². The zero-order chi connectivity index (χ0) is 15.7. The smallest absolute Gasteiger partial charge is 0.245 e. The number of rotatable bonds is 3. The monoisotopic (exact) mass is 346 g/mol. The summed E-state index contributed by atoms with van der Waals surface area (Å²) in [5, 5.41) is 10.4. The lowest BCUT2D eigenvalue weighted by Gasteiger charge is -2.38. The van der Waals surface area contributed by atoms with E-state index in [2.05, 4.69) is 4.98 Å². The Balaban J connectivity index is 1.92. The summed E-state index contributed by atoms with van der Waals surface area (Å²) in [6, 6.07) is 1.07. The average Bonchev–Trinajstić information content (AvgIpc) is 2.93. The molecule has 2 heterocycles. The highest BCUT2D eigenvalue weighted by atomic mass is 35.5. The molecular formula is C14H19ClN2O4S. The highest BCUT2D eigenvalue weighted by Crippen LogP contribution is 2.34. The summed E-state index contributed by atoms with van der Waals surface area (Å²) in [5.41, 5.74) is 0. The second-order valence-electron chi connectivity index (χ2n) is 5.76. The second-order valence-corrected chi connectivity index (χ2v) is 8.09. The molecule has 0 aromatic carbocycles. The number of aliphatic hydroxyl groups excluding tert-OH is 1. The molecule has 0 radical (unpaired) electrons. The first-order valence-electron chi connectivity index (χ1n) is 7.38. The van der Waals surface area contributed by atoms with Crippen LogP contribution in [0.3, 0.4) is 0 Å². The van der Waals surface area contributed by atoms with Crippen LogP contribution in [0.25, 0.3) is 0 Å². The molecule has 0 spiro atoms. The molecule has 1 aromatic heterocycles. The number of aliphatic hydroxyl groups is 1. The summed E-state index contributed by atoms with van der Waals surface area (Å²) in [5.74, 6) is -0.0813. The van der Waals surface area contributed by atoms with Crippen molar-refractivity contribution in [3.63, 3.8) is 0 Å². The van der Waals surface area contributed by atoms with E-state index in [0.29, 0.717) is 19.6 Å². The van der Waals surface area contributed by atoms with Crippen LogP contribution < -0.4 is 0 Å². The quantitative estimate of drug-likeness (QED) is 0.892. The Morgan fingerprint density at radius 2 is 2.18 bits per heavy atom. The lowest BCUT2D eigenvalue weighted by molar-refractivity contribution is -0.0148. The van der Waals surface area contributed by atoms with Gasteiger partial charge in [-0.15, -0.1) is 0 Å². The van der Waals surface area contributed by atoms with Gasteiger partial charge in [-0.3, -0.25) is 4.98 Å². The normalized spacial score (nSPS) is 30.5. The van der Waals surface area contributed by atoms with Crippen molar-refractivity contribution in [2.75, 3.05) is 19.8 Å². The molecule has 0 amide bonds. The Bertz CT molecular complexity index is 639. The second kappa shape index (κ2) is 6.41. The van der Waals surface area contributed by atoms with Crippen LogP contribution in [0.15, 0.2) is 23.4 Å². The third-order valence-corrected chi connectivity index (χ3v) is 6.52. The number of morpholine rings is 1. The number of pyridine rings is 1. The fourth-order valence-electron chi connectivity index (χ4n) is 3.33. The Kier molecular flexibility index (Phi) is 4.70. The van der Waals surface area contributed by atoms with Crippen molar-refractivity contribution in [3.05, 3.63) is 23.5 Å². The molecule has 1 saturated heterocycles. The van der Waals surface area contributed by atoms with Gasteiger partial charge in [0.2, 0.25) is 10.0 Å². The highest BCUT2D eigenvalue weighted by molar-refractivity contribution is 7.89. The van der Waals surface area contributed by atoms with Crippen molar-refractivity contribution in [1.82, 2.24) is 9.29 Å². The van der Waals surface area contributed by atoms with Crippen molar-refractivity contribution < 1.29 is 18.3 Å². The molecule has 1 aromatic rings. The number of nitrogens with zero attached hydrogens (tertiary/aromatic N) is 2. The van der Waals surface area contributed by atoms with E-state index >= 15 is 0 Å². The minimum absolute atomic E-state index is 0.0813. The minimum atomic E-state index is -3.70. The maximum atomic E-state index is 12.9. The van der Waals surface area contributed by atoms with Gasteiger partial charge in [-0.25, -0.2) is 8.42 Å². The molecule has 1 N–H and O–H groups in total. The lowest BCUT2D eigenvalue weighted by Crippen LogP contribution is -2.53. The van der Waals surface area contributed by atoms with E-state index in [1.54, 1.807) is 0 Å². The third kappa shape index (κ3) is 3.00. The summed E-state index contributed by atoms with van der Waals surface area (Å²) in [7, 11) is -3.70. The predicted molar refractivity (Wildman–Crippen MR) is 81.1 cm³/mol. The van der Waals surface area contributed by atoms with Crippen LogP contribution in [0, 0.1) is 5.92 Å². The summed E-state index contributed by atoms with van der Waals surface area (Å²) in [6.07, 6.45) is 4.68. The fraction of sp³-hybridized carbons (Fsp3) is 0.643. The van der Waals surface area contributed by atoms with E-state index < -0.39 is 16.1 Å². The van der Waals surface area contributed by atoms with Gasteiger partial charge in [-0.1, -0.05) is 18.0 Å². The van der Waals surface area contributed by atoms with Crippen LogP contribution in [0.1, 0.15) is 19.3 Å². The van der Waals surface area contributed by atoms with Crippen LogP contribution in [0.5, 0.6) is 0 Å². The summed E-state index contributed by atoms with van der Waals surface area (Å²) in [6.45, 7) is 0.949. The van der Waals surface area contributed by atoms with Gasteiger partial charge in [0.25, 0.3) is 0 Å². The molecule has 2 aliphatic rings. The van der Waals surface area contributed by atoms with Crippen molar-refractivity contribution in [3.8, 4) is 0 Å². The van der Waals surface area contributed by atoms with E-state index in [1.807, 2.05) is 0 Å². The Hall–Kier alpha value is -0.730. The summed E-state index contributed by atoms with van der Waals surface area (Å²) >= 11 is 5.87. The van der Waals surface area contributed by atoms with Gasteiger partial charge in [0.15, 0.2) is 0 Å². The average molecular weight is 347 g/mol. The van der Waals surface area contributed by atoms with Crippen molar-refractivity contribution >= 4 is 21.6 Å². The Labute approximate surface area is 135 Å². The molecule has 6 nitrogen and oxygen atoms in total. The van der Waals surface area contributed by atoms with Gasteiger partial charge in [0.1, 0.15) is 4.90 Å². The van der Waals surface area contributed by atoms with E-state index in [9.17, 15) is 13.5 Å². The van der Waals surface area contributed by atoms with Crippen molar-refractivity contribution in [1.29, 1.82) is 0 Å². The van der Waals surface area contributed by atoms with Crippen LogP contribution in [-0.4, -0.2) is 54.7 Å². The van der Waals surface area contributed by atoms with Gasteiger partial charge in [-0.05, 0) is 18.9 Å². The molecule has 1 aliphatic carbocycles. The molecule has 3 rings (SSSR count). The van der Waals surface area contributed by atoms with Crippen molar-refractivity contribution in [2.45, 2.75) is 36.3 Å². The fourth-order valence-corrected chi connectivity index (χ4v) is 5.20. The number of sulfonamides is 1. The first-order chi connectivity index (χ1) is 10.5. The molecule has 1 saturated carbocycles. The van der Waals surface area contributed by atoms with E-state index in [0.717, 1.165) is 12.8 Å². The zero-order valence-electron chi connectivity index (χ0n) is 12.1. The van der Waals surface area contributed by atoms with Crippen molar-refractivity contribution in [2.24, 2.45) is 5.92 Å². The van der Waals surface area contributed by atoms with Crippen LogP contribution >= 0.6 is 11.6 Å². The number of hydrogen-bond acceptors (Lipinski definition) is 5.